The van der Waals surface area contributed by atoms with Crippen molar-refractivity contribution in [2.24, 2.45) is 4.99 Å². The number of amides is 2. The summed E-state index contributed by atoms with van der Waals surface area (Å²) in [6, 6.07) is 2.95. The lowest BCUT2D eigenvalue weighted by molar-refractivity contribution is -0.133. The van der Waals surface area contributed by atoms with Gasteiger partial charge in [0, 0.05) is 23.5 Å². The average molecular weight is 627 g/mol. The van der Waals surface area contributed by atoms with Gasteiger partial charge in [0.15, 0.2) is 5.78 Å². The van der Waals surface area contributed by atoms with Crippen LogP contribution in [-0.4, -0.2) is 67.6 Å². The quantitative estimate of drug-likeness (QED) is 0.197. The molecule has 230 valence electrons. The van der Waals surface area contributed by atoms with Gasteiger partial charge in [0.2, 0.25) is 5.91 Å². The Labute approximate surface area is 253 Å². The van der Waals surface area contributed by atoms with Gasteiger partial charge < -0.3 is 10.6 Å². The largest absolute Gasteiger partial charge is 0.344 e. The number of nitrogens with zero attached hydrogens (tertiary/aromatic N) is 2. The zero-order valence-corrected chi connectivity index (χ0v) is 27.9. The monoisotopic (exact) mass is 626 g/mol. The fourth-order valence-electron chi connectivity index (χ4n) is 4.38. The smallest absolute Gasteiger partial charge is 0.262 e. The van der Waals surface area contributed by atoms with E-state index in [1.165, 1.54) is 32.4 Å². The van der Waals surface area contributed by atoms with Crippen LogP contribution in [0.15, 0.2) is 35.2 Å². The van der Waals surface area contributed by atoms with E-state index in [-0.39, 0.29) is 17.5 Å². The van der Waals surface area contributed by atoms with Gasteiger partial charge in [0.1, 0.15) is 10.6 Å². The number of carbonyl (C=O) groups is 3. The van der Waals surface area contributed by atoms with E-state index in [0.29, 0.717) is 30.6 Å². The van der Waals surface area contributed by atoms with Gasteiger partial charge in [-0.15, -0.1) is 29.3 Å². The van der Waals surface area contributed by atoms with Crippen molar-refractivity contribution < 1.29 is 22.8 Å². The van der Waals surface area contributed by atoms with Crippen LogP contribution in [-0.2, 0) is 19.6 Å². The number of carbonyl (C=O) groups excluding carboxylic acids is 3. The predicted molar refractivity (Wildman–Crippen MR) is 173 cm³/mol. The summed E-state index contributed by atoms with van der Waals surface area (Å²) in [4.78, 5) is 44.1. The molecule has 9 nitrogen and oxygen atoms in total. The molecule has 1 aliphatic rings. The van der Waals surface area contributed by atoms with Gasteiger partial charge in [-0.2, -0.15) is 4.31 Å². The molecule has 2 N–H and O–H groups in total. The SMILES string of the molecule is C=CC.CC.CCC[C@H](NC(=O)C1(NC(=O)c2cc3sccc3s2)CCCCC1)C(=O)CN(C)S(=O)(=O)C(C)=NC. The second kappa shape index (κ2) is 17.5. The third-order valence-electron chi connectivity index (χ3n) is 6.61. The van der Waals surface area contributed by atoms with Gasteiger partial charge in [0.05, 0.1) is 17.5 Å². The molecule has 1 atom stereocenters. The van der Waals surface area contributed by atoms with Crippen LogP contribution < -0.4 is 10.6 Å². The van der Waals surface area contributed by atoms with Crippen molar-refractivity contribution >= 4 is 64.7 Å². The van der Waals surface area contributed by atoms with E-state index in [9.17, 15) is 22.8 Å². The zero-order chi connectivity index (χ0) is 31.2. The molecule has 0 aliphatic heterocycles. The second-order valence-electron chi connectivity index (χ2n) is 9.55. The number of rotatable bonds is 10. The van der Waals surface area contributed by atoms with E-state index in [0.717, 1.165) is 33.0 Å². The molecule has 1 fully saturated rings. The van der Waals surface area contributed by atoms with Gasteiger partial charge in [0.25, 0.3) is 15.9 Å². The standard InChI is InChI=1S/C24H34N4O5S3.C3H6.C2H6/c1-5-9-17(18(29)15-28(4)36(32,33)16(2)25-3)26-23(31)24(11-7-6-8-12-24)27-22(30)21-14-20-19(35-21)10-13-34-20;1-3-2;1-2/h10,13-14,17H,5-9,11-12,15H2,1-4H3,(H,26,31)(H,27,30);3H,1H2,2H3;1-2H3/t17-;;/m0../s1. The van der Waals surface area contributed by atoms with Gasteiger partial charge in [-0.05, 0) is 50.6 Å². The Morgan fingerprint density at radius 1 is 1.20 bits per heavy atom. The van der Waals surface area contributed by atoms with E-state index in [4.69, 9.17) is 0 Å². The lowest BCUT2D eigenvalue weighted by atomic mass is 9.80. The van der Waals surface area contributed by atoms with Crippen molar-refractivity contribution in [3.05, 3.63) is 35.0 Å². The maximum Gasteiger partial charge on any atom is 0.262 e. The fraction of sp³-hybridized carbons (Fsp3) is 0.586. The first-order valence-electron chi connectivity index (χ1n) is 14.1. The summed E-state index contributed by atoms with van der Waals surface area (Å²) in [6.07, 6.45) is 6.25. The van der Waals surface area contributed by atoms with E-state index >= 15 is 0 Å². The number of thiophene rings is 2. The summed E-state index contributed by atoms with van der Waals surface area (Å²) in [5, 5.41) is 7.74. The minimum absolute atomic E-state index is 0.0915. The van der Waals surface area contributed by atoms with E-state index in [1.807, 2.05) is 45.2 Å². The van der Waals surface area contributed by atoms with Crippen molar-refractivity contribution in [3.8, 4) is 0 Å². The van der Waals surface area contributed by atoms with E-state index in [2.05, 4.69) is 22.2 Å². The molecule has 0 saturated heterocycles. The fourth-order valence-corrected chi connectivity index (χ4v) is 7.36. The van der Waals surface area contributed by atoms with Crippen LogP contribution in [0.2, 0.25) is 0 Å². The Hall–Kier alpha value is -2.41. The maximum atomic E-state index is 13.6. The number of hydrogen-bond donors (Lipinski definition) is 2. The Balaban J connectivity index is 0.00000157. The van der Waals surface area contributed by atoms with E-state index < -0.39 is 33.3 Å². The Morgan fingerprint density at radius 2 is 1.80 bits per heavy atom. The summed E-state index contributed by atoms with van der Waals surface area (Å²) in [7, 11) is -1.16. The van der Waals surface area contributed by atoms with Crippen molar-refractivity contribution in [1.29, 1.82) is 0 Å². The van der Waals surface area contributed by atoms with Crippen LogP contribution in [0.5, 0.6) is 0 Å². The van der Waals surface area contributed by atoms with Crippen LogP contribution in [0.3, 0.4) is 0 Å². The molecular formula is C29H46N4O5S3. The Bertz CT molecular complexity index is 1260. The normalized spacial score (nSPS) is 15.6. The van der Waals surface area contributed by atoms with Gasteiger partial charge >= 0.3 is 0 Å². The summed E-state index contributed by atoms with van der Waals surface area (Å²) < 4.78 is 28.0. The molecule has 1 aliphatic carbocycles. The number of allylic oxidation sites excluding steroid dienone is 1. The third kappa shape index (κ3) is 9.83. The minimum atomic E-state index is -3.85. The maximum absolute atomic E-state index is 13.6. The predicted octanol–water partition coefficient (Wildman–Crippen LogP) is 5.78. The molecule has 0 aromatic carbocycles. The van der Waals surface area contributed by atoms with Gasteiger partial charge in [-0.3, -0.25) is 19.4 Å². The zero-order valence-electron chi connectivity index (χ0n) is 25.4. The van der Waals surface area contributed by atoms with Gasteiger partial charge in [-0.25, -0.2) is 8.42 Å². The van der Waals surface area contributed by atoms with Crippen LogP contribution >= 0.6 is 22.7 Å². The summed E-state index contributed by atoms with van der Waals surface area (Å²) in [5.74, 6) is -1.09. The second-order valence-corrected chi connectivity index (χ2v) is 13.7. The molecule has 0 unspecified atom stereocenters. The summed E-state index contributed by atoms with van der Waals surface area (Å²) in [5.41, 5.74) is -1.11. The lowest BCUT2D eigenvalue weighted by Crippen LogP contribution is -2.62. The highest BCUT2D eigenvalue weighted by atomic mass is 32.2. The number of likely N-dealkylation sites (N-methyl/N-ethyl adjacent to an activating group) is 1. The molecule has 0 spiro atoms. The number of fused-ring (bicyclic) bond motifs is 1. The van der Waals surface area contributed by atoms with Crippen molar-refractivity contribution in [1.82, 2.24) is 14.9 Å². The van der Waals surface area contributed by atoms with Crippen molar-refractivity contribution in [3.63, 3.8) is 0 Å². The Morgan fingerprint density at radius 3 is 2.34 bits per heavy atom. The van der Waals surface area contributed by atoms with Crippen molar-refractivity contribution in [2.45, 2.75) is 91.1 Å². The Kier molecular flexibility index (Phi) is 15.7. The summed E-state index contributed by atoms with van der Waals surface area (Å²) in [6.45, 7) is 12.1. The molecule has 3 rings (SSSR count). The third-order valence-corrected chi connectivity index (χ3v) is 10.6. The topological polar surface area (TPSA) is 125 Å². The highest BCUT2D eigenvalue weighted by Gasteiger charge is 2.42. The molecule has 12 heteroatoms. The minimum Gasteiger partial charge on any atom is -0.344 e. The van der Waals surface area contributed by atoms with E-state index in [1.54, 1.807) is 17.4 Å². The lowest BCUT2D eigenvalue weighted by Gasteiger charge is -2.37. The first-order chi connectivity index (χ1) is 19.4. The number of hydrogen-bond acceptors (Lipinski definition) is 8. The molecule has 2 heterocycles. The molecule has 2 amide bonds. The first-order valence-corrected chi connectivity index (χ1v) is 17.2. The molecule has 1 saturated carbocycles. The molecule has 0 bridgehead atoms. The van der Waals surface area contributed by atoms with Crippen LogP contribution in [0, 0.1) is 0 Å². The average Bonchev–Trinajstić information content (AvgIpc) is 3.57. The number of sulfonamides is 1. The highest BCUT2D eigenvalue weighted by Crippen LogP contribution is 2.33. The number of ketones is 1. The van der Waals surface area contributed by atoms with Crippen LogP contribution in [0.4, 0.5) is 0 Å². The van der Waals surface area contributed by atoms with Crippen LogP contribution in [0.25, 0.3) is 9.40 Å². The molecule has 0 radical (unpaired) electrons. The van der Waals surface area contributed by atoms with Crippen LogP contribution in [0.1, 0.15) is 89.2 Å². The number of nitrogens with one attached hydrogen (secondary N) is 2. The van der Waals surface area contributed by atoms with Gasteiger partial charge in [-0.1, -0.05) is 52.5 Å². The summed E-state index contributed by atoms with van der Waals surface area (Å²) >= 11 is 2.95. The molecular weight excluding hydrogens is 581 g/mol. The number of Topliss-reactive ketones (excluding diaryl/α,β-unsaturated/α-hetero) is 1. The molecule has 2 aromatic heterocycles. The molecule has 41 heavy (non-hydrogen) atoms. The number of aliphatic imine (C=N–C) groups is 1. The molecule has 2 aromatic rings. The first kappa shape index (κ1) is 36.6. The van der Waals surface area contributed by atoms with Crippen molar-refractivity contribution in [2.75, 3.05) is 20.6 Å². The highest BCUT2D eigenvalue weighted by molar-refractivity contribution is 8.04.